The fraction of sp³-hybridized carbons (Fsp3) is 0.562. The van der Waals surface area contributed by atoms with Gasteiger partial charge in [-0.1, -0.05) is 29.8 Å². The fourth-order valence-electron chi connectivity index (χ4n) is 2.60. The summed E-state index contributed by atoms with van der Waals surface area (Å²) in [4.78, 5) is 14.1. The second-order valence-electron chi connectivity index (χ2n) is 5.31. The van der Waals surface area contributed by atoms with E-state index in [0.717, 1.165) is 32.5 Å². The van der Waals surface area contributed by atoms with Crippen LogP contribution in [0.3, 0.4) is 0 Å². The Labute approximate surface area is 115 Å². The van der Waals surface area contributed by atoms with Gasteiger partial charge in [0.2, 0.25) is 0 Å². The zero-order valence-corrected chi connectivity index (χ0v) is 11.9. The molecule has 1 aliphatic rings. The number of ether oxygens (including phenoxy) is 1. The van der Waals surface area contributed by atoms with E-state index in [9.17, 15) is 4.79 Å². The minimum atomic E-state index is -0.0314. The van der Waals surface area contributed by atoms with E-state index in [-0.39, 0.29) is 11.9 Å². The van der Waals surface area contributed by atoms with E-state index in [1.807, 2.05) is 6.92 Å². The Hall–Kier alpha value is -1.35. The lowest BCUT2D eigenvalue weighted by atomic mass is 9.97. The number of carbonyl (C=O) groups is 1. The minimum Gasteiger partial charge on any atom is -0.466 e. The summed E-state index contributed by atoms with van der Waals surface area (Å²) in [6.45, 7) is 7.27. The lowest BCUT2D eigenvalue weighted by Crippen LogP contribution is -2.38. The lowest BCUT2D eigenvalue weighted by molar-refractivity contribution is -0.150. The van der Waals surface area contributed by atoms with Crippen molar-refractivity contribution in [3.8, 4) is 0 Å². The van der Waals surface area contributed by atoms with E-state index in [1.54, 1.807) is 0 Å². The van der Waals surface area contributed by atoms with E-state index in [0.29, 0.717) is 6.61 Å². The summed E-state index contributed by atoms with van der Waals surface area (Å²) in [7, 11) is 0. The molecule has 3 nitrogen and oxygen atoms in total. The number of carbonyl (C=O) groups excluding carboxylic acids is 1. The molecule has 0 aromatic heterocycles. The summed E-state index contributed by atoms with van der Waals surface area (Å²) < 4.78 is 5.13. The van der Waals surface area contributed by atoms with Gasteiger partial charge < -0.3 is 4.74 Å². The van der Waals surface area contributed by atoms with Crippen LogP contribution in [0.4, 0.5) is 0 Å². The van der Waals surface area contributed by atoms with E-state index in [1.165, 1.54) is 11.1 Å². The number of esters is 1. The number of benzene rings is 1. The summed E-state index contributed by atoms with van der Waals surface area (Å²) in [5.74, 6) is 0.0234. The van der Waals surface area contributed by atoms with Crippen molar-refractivity contribution in [1.29, 1.82) is 0 Å². The predicted molar refractivity (Wildman–Crippen MR) is 75.8 cm³/mol. The van der Waals surface area contributed by atoms with Gasteiger partial charge in [-0.05, 0) is 38.8 Å². The average molecular weight is 261 g/mol. The first kappa shape index (κ1) is 14.1. The van der Waals surface area contributed by atoms with Crippen molar-refractivity contribution in [3.63, 3.8) is 0 Å². The molecule has 19 heavy (non-hydrogen) atoms. The summed E-state index contributed by atoms with van der Waals surface area (Å²) in [6, 6.07) is 8.62. The molecule has 0 radical (unpaired) electrons. The van der Waals surface area contributed by atoms with Crippen LogP contribution < -0.4 is 0 Å². The van der Waals surface area contributed by atoms with Crippen LogP contribution in [-0.2, 0) is 16.1 Å². The molecular formula is C16H23NO2. The third-order valence-corrected chi connectivity index (χ3v) is 3.65. The molecule has 0 spiro atoms. The Morgan fingerprint density at radius 2 is 2.11 bits per heavy atom. The van der Waals surface area contributed by atoms with Crippen LogP contribution in [0.2, 0.25) is 0 Å². The highest BCUT2D eigenvalue weighted by atomic mass is 16.5. The Kier molecular flexibility index (Phi) is 4.97. The van der Waals surface area contributed by atoms with Gasteiger partial charge in [-0.2, -0.15) is 0 Å². The van der Waals surface area contributed by atoms with Gasteiger partial charge in [0.05, 0.1) is 12.5 Å². The van der Waals surface area contributed by atoms with Crippen molar-refractivity contribution in [3.05, 3.63) is 35.4 Å². The van der Waals surface area contributed by atoms with Gasteiger partial charge in [0.25, 0.3) is 0 Å². The van der Waals surface area contributed by atoms with Crippen molar-refractivity contribution in [2.45, 2.75) is 33.2 Å². The minimum absolute atomic E-state index is 0.0314. The molecule has 1 atom stereocenters. The monoisotopic (exact) mass is 261 g/mol. The molecular weight excluding hydrogens is 238 g/mol. The maximum absolute atomic E-state index is 11.8. The summed E-state index contributed by atoms with van der Waals surface area (Å²) >= 11 is 0. The second-order valence-corrected chi connectivity index (χ2v) is 5.31. The first-order valence-electron chi connectivity index (χ1n) is 7.13. The highest BCUT2D eigenvalue weighted by Gasteiger charge is 2.26. The Morgan fingerprint density at radius 1 is 1.37 bits per heavy atom. The van der Waals surface area contributed by atoms with Crippen LogP contribution in [0.5, 0.6) is 0 Å². The third-order valence-electron chi connectivity index (χ3n) is 3.65. The molecule has 0 bridgehead atoms. The molecule has 0 N–H and O–H groups in total. The van der Waals surface area contributed by atoms with Crippen LogP contribution >= 0.6 is 0 Å². The molecule has 0 amide bonds. The molecule has 0 saturated carbocycles. The van der Waals surface area contributed by atoms with Gasteiger partial charge in [-0.3, -0.25) is 9.69 Å². The number of hydrogen-bond acceptors (Lipinski definition) is 3. The summed E-state index contributed by atoms with van der Waals surface area (Å²) in [6.07, 6.45) is 2.04. The Morgan fingerprint density at radius 3 is 2.79 bits per heavy atom. The van der Waals surface area contributed by atoms with Gasteiger partial charge in [-0.15, -0.1) is 0 Å². The first-order valence-corrected chi connectivity index (χ1v) is 7.13. The maximum atomic E-state index is 11.8. The standard InChI is InChI=1S/C16H23NO2/c1-3-19-16(18)15-5-4-10-17(12-15)11-14-8-6-13(2)7-9-14/h6-9,15H,3-5,10-12H2,1-2H3/t15-/m1/s1. The number of aryl methyl sites for hydroxylation is 1. The SMILES string of the molecule is CCOC(=O)[C@@H]1CCCN(Cc2ccc(C)cc2)C1. The molecule has 3 heteroatoms. The number of hydrogen-bond donors (Lipinski definition) is 0. The molecule has 1 saturated heterocycles. The van der Waals surface area contributed by atoms with Crippen LogP contribution in [-0.4, -0.2) is 30.6 Å². The van der Waals surface area contributed by atoms with E-state index >= 15 is 0 Å². The van der Waals surface area contributed by atoms with E-state index in [4.69, 9.17) is 4.74 Å². The first-order chi connectivity index (χ1) is 9.19. The quantitative estimate of drug-likeness (QED) is 0.781. The zero-order valence-electron chi connectivity index (χ0n) is 11.9. The summed E-state index contributed by atoms with van der Waals surface area (Å²) in [5, 5.41) is 0. The van der Waals surface area contributed by atoms with Gasteiger partial charge in [-0.25, -0.2) is 0 Å². The number of piperidine rings is 1. The van der Waals surface area contributed by atoms with E-state index < -0.39 is 0 Å². The van der Waals surface area contributed by atoms with Gasteiger partial charge in [0.1, 0.15) is 0 Å². The van der Waals surface area contributed by atoms with Crippen LogP contribution in [0, 0.1) is 12.8 Å². The van der Waals surface area contributed by atoms with Crippen molar-refractivity contribution >= 4 is 5.97 Å². The average Bonchev–Trinajstić information content (AvgIpc) is 2.42. The molecule has 1 aromatic carbocycles. The molecule has 0 aliphatic carbocycles. The predicted octanol–water partition coefficient (Wildman–Crippen LogP) is 2.77. The normalized spacial score (nSPS) is 20.2. The number of nitrogens with zero attached hydrogens (tertiary/aromatic N) is 1. The summed E-state index contributed by atoms with van der Waals surface area (Å²) in [5.41, 5.74) is 2.60. The topological polar surface area (TPSA) is 29.5 Å². The van der Waals surface area contributed by atoms with E-state index in [2.05, 4.69) is 36.1 Å². The smallest absolute Gasteiger partial charge is 0.310 e. The number of likely N-dealkylation sites (tertiary alicyclic amines) is 1. The molecule has 1 aromatic rings. The fourth-order valence-corrected chi connectivity index (χ4v) is 2.60. The number of rotatable bonds is 4. The zero-order chi connectivity index (χ0) is 13.7. The Balaban J connectivity index is 1.90. The van der Waals surface area contributed by atoms with Crippen LogP contribution in [0.15, 0.2) is 24.3 Å². The Bertz CT molecular complexity index is 413. The highest BCUT2D eigenvalue weighted by molar-refractivity contribution is 5.72. The van der Waals surface area contributed by atoms with Crippen molar-refractivity contribution in [2.24, 2.45) is 5.92 Å². The third kappa shape index (κ3) is 4.06. The van der Waals surface area contributed by atoms with Crippen LogP contribution in [0.1, 0.15) is 30.9 Å². The molecule has 1 heterocycles. The van der Waals surface area contributed by atoms with Gasteiger partial charge >= 0.3 is 5.97 Å². The molecule has 104 valence electrons. The molecule has 1 fully saturated rings. The maximum Gasteiger partial charge on any atom is 0.310 e. The molecule has 1 aliphatic heterocycles. The molecule has 2 rings (SSSR count). The van der Waals surface area contributed by atoms with Gasteiger partial charge in [0.15, 0.2) is 0 Å². The van der Waals surface area contributed by atoms with Crippen LogP contribution in [0.25, 0.3) is 0 Å². The second kappa shape index (κ2) is 6.71. The van der Waals surface area contributed by atoms with Crippen molar-refractivity contribution < 1.29 is 9.53 Å². The van der Waals surface area contributed by atoms with Gasteiger partial charge in [0, 0.05) is 13.1 Å². The largest absolute Gasteiger partial charge is 0.466 e. The molecule has 0 unspecified atom stereocenters. The van der Waals surface area contributed by atoms with Crippen molar-refractivity contribution in [1.82, 2.24) is 4.90 Å². The highest BCUT2D eigenvalue weighted by Crippen LogP contribution is 2.20. The lowest BCUT2D eigenvalue weighted by Gasteiger charge is -2.31. The van der Waals surface area contributed by atoms with Crippen molar-refractivity contribution in [2.75, 3.05) is 19.7 Å².